The maximum Gasteiger partial charge on any atom is 0.417 e. The van der Waals surface area contributed by atoms with Gasteiger partial charge in [-0.3, -0.25) is 9.69 Å². The first-order valence-corrected chi connectivity index (χ1v) is 12.6. The monoisotopic (exact) mass is 568 g/mol. The molecule has 0 spiro atoms. The summed E-state index contributed by atoms with van der Waals surface area (Å²) in [7, 11) is 1.60. The number of rotatable bonds is 12. The smallest absolute Gasteiger partial charge is 0.417 e. The molecule has 3 aromatic rings. The van der Waals surface area contributed by atoms with E-state index < -0.39 is 11.7 Å². The van der Waals surface area contributed by atoms with Crippen LogP contribution in [0.4, 0.5) is 13.2 Å². The number of alkyl halides is 3. The summed E-state index contributed by atoms with van der Waals surface area (Å²) >= 11 is 6.19. The number of carbonyl (C=O) groups excluding carboxylic acids is 1. The highest BCUT2D eigenvalue weighted by molar-refractivity contribution is 6.32. The van der Waals surface area contributed by atoms with Crippen molar-refractivity contribution in [3.63, 3.8) is 0 Å². The van der Waals surface area contributed by atoms with Crippen molar-refractivity contribution in [1.82, 2.24) is 10.2 Å². The van der Waals surface area contributed by atoms with E-state index in [4.69, 9.17) is 16.3 Å². The fraction of sp³-hybridized carbons (Fsp3) is 0.345. The first-order chi connectivity index (χ1) is 17.7. The summed E-state index contributed by atoms with van der Waals surface area (Å²) in [5, 5.41) is 2.35. The molecule has 0 aromatic heterocycles. The minimum Gasteiger partial charge on any atom is -0.494 e. The molecule has 0 fully saturated rings. The predicted molar refractivity (Wildman–Crippen MR) is 148 cm³/mol. The minimum absolute atomic E-state index is 0. The highest BCUT2D eigenvalue weighted by Crippen LogP contribution is 2.36. The van der Waals surface area contributed by atoms with Gasteiger partial charge in [-0.05, 0) is 47.2 Å². The van der Waals surface area contributed by atoms with E-state index in [1.807, 2.05) is 42.5 Å². The molecule has 1 atom stereocenters. The van der Waals surface area contributed by atoms with Crippen molar-refractivity contribution in [2.75, 3.05) is 26.7 Å². The number of benzene rings is 3. The molecule has 0 saturated carbocycles. The quantitative estimate of drug-likeness (QED) is 0.236. The second-order valence-corrected chi connectivity index (χ2v) is 9.40. The number of carbonyl (C=O) groups is 1. The van der Waals surface area contributed by atoms with E-state index in [0.717, 1.165) is 17.2 Å². The van der Waals surface area contributed by atoms with Crippen LogP contribution >= 0.6 is 24.0 Å². The maximum atomic E-state index is 13.4. The van der Waals surface area contributed by atoms with Crippen LogP contribution in [0.15, 0.2) is 72.8 Å². The summed E-state index contributed by atoms with van der Waals surface area (Å²) in [6, 6.07) is 21.5. The lowest BCUT2D eigenvalue weighted by molar-refractivity contribution is -0.137. The van der Waals surface area contributed by atoms with Crippen LogP contribution in [0.1, 0.15) is 41.5 Å². The van der Waals surface area contributed by atoms with E-state index in [-0.39, 0.29) is 35.7 Å². The van der Waals surface area contributed by atoms with Gasteiger partial charge in [0, 0.05) is 26.7 Å². The molecule has 206 valence electrons. The molecule has 0 unspecified atom stereocenters. The Morgan fingerprint density at radius 2 is 1.76 bits per heavy atom. The van der Waals surface area contributed by atoms with Gasteiger partial charge in [-0.25, -0.2) is 0 Å². The van der Waals surface area contributed by atoms with Crippen molar-refractivity contribution in [2.24, 2.45) is 0 Å². The zero-order chi connectivity index (χ0) is 26.8. The molecule has 3 rings (SSSR count). The zero-order valence-corrected chi connectivity index (χ0v) is 23.0. The van der Waals surface area contributed by atoms with Crippen molar-refractivity contribution < 1.29 is 22.7 Å². The van der Waals surface area contributed by atoms with Crippen molar-refractivity contribution in [3.05, 3.63) is 100 Å². The molecule has 4 nitrogen and oxygen atoms in total. The number of ether oxygens (including phenoxy) is 1. The number of nitrogens with one attached hydrogen (secondary N) is 1. The van der Waals surface area contributed by atoms with E-state index in [1.165, 1.54) is 6.07 Å². The van der Waals surface area contributed by atoms with Crippen LogP contribution in [-0.4, -0.2) is 37.6 Å². The van der Waals surface area contributed by atoms with Gasteiger partial charge in [0.2, 0.25) is 5.91 Å². The van der Waals surface area contributed by atoms with Gasteiger partial charge in [0.1, 0.15) is 5.75 Å². The number of hydrogen-bond donors (Lipinski definition) is 1. The molecule has 38 heavy (non-hydrogen) atoms. The number of amides is 1. The molecule has 3 aromatic carbocycles. The van der Waals surface area contributed by atoms with Crippen LogP contribution in [0.3, 0.4) is 0 Å². The third kappa shape index (κ3) is 9.53. The van der Waals surface area contributed by atoms with Gasteiger partial charge in [-0.15, -0.1) is 12.4 Å². The van der Waals surface area contributed by atoms with Gasteiger partial charge in [0.25, 0.3) is 0 Å². The molecule has 0 aliphatic carbocycles. The zero-order valence-electron chi connectivity index (χ0n) is 21.4. The first-order valence-electron chi connectivity index (χ1n) is 12.2. The third-order valence-electron chi connectivity index (χ3n) is 6.11. The first kappa shape index (κ1) is 31.5. The Hall–Kier alpha value is -2.74. The third-order valence-corrected chi connectivity index (χ3v) is 6.55. The number of halogens is 5. The highest BCUT2D eigenvalue weighted by atomic mass is 35.5. The Balaban J connectivity index is 0.00000507. The van der Waals surface area contributed by atoms with Crippen molar-refractivity contribution in [1.29, 1.82) is 0 Å². The fourth-order valence-electron chi connectivity index (χ4n) is 4.17. The SMILES string of the molecule is CNC(=O)Cc1cccc(OCCCN(Cc2cccc(C(F)(F)F)c2Cl)C[C@H](C)c2ccccc2)c1.Cl. The summed E-state index contributed by atoms with van der Waals surface area (Å²) in [5.41, 5.74) is 1.64. The van der Waals surface area contributed by atoms with Gasteiger partial charge >= 0.3 is 6.18 Å². The van der Waals surface area contributed by atoms with E-state index in [9.17, 15) is 18.0 Å². The van der Waals surface area contributed by atoms with Gasteiger partial charge in [0.15, 0.2) is 0 Å². The molecular weight excluding hydrogens is 536 g/mol. The summed E-state index contributed by atoms with van der Waals surface area (Å²) in [6.07, 6.45) is -3.57. The van der Waals surface area contributed by atoms with E-state index in [0.29, 0.717) is 44.0 Å². The fourth-order valence-corrected chi connectivity index (χ4v) is 4.46. The Labute approximate surface area is 233 Å². The van der Waals surface area contributed by atoms with Crippen molar-refractivity contribution in [3.8, 4) is 5.75 Å². The van der Waals surface area contributed by atoms with Gasteiger partial charge in [-0.2, -0.15) is 13.2 Å². The molecule has 0 saturated heterocycles. The lowest BCUT2D eigenvalue weighted by Gasteiger charge is -2.27. The lowest BCUT2D eigenvalue weighted by Crippen LogP contribution is -2.30. The van der Waals surface area contributed by atoms with Gasteiger partial charge < -0.3 is 10.1 Å². The molecule has 1 amide bonds. The van der Waals surface area contributed by atoms with E-state index >= 15 is 0 Å². The van der Waals surface area contributed by atoms with Crippen LogP contribution < -0.4 is 10.1 Å². The van der Waals surface area contributed by atoms with Gasteiger partial charge in [0.05, 0.1) is 23.6 Å². The lowest BCUT2D eigenvalue weighted by atomic mass is 10.00. The molecule has 0 aliphatic heterocycles. The maximum absolute atomic E-state index is 13.4. The molecule has 0 aliphatic rings. The number of nitrogens with zero attached hydrogens (tertiary/aromatic N) is 1. The normalized spacial score (nSPS) is 12.1. The molecule has 9 heteroatoms. The van der Waals surface area contributed by atoms with Crippen LogP contribution in [0.5, 0.6) is 5.75 Å². The molecular formula is C29H33Cl2F3N2O2. The average Bonchev–Trinajstić information content (AvgIpc) is 2.87. The summed E-state index contributed by atoms with van der Waals surface area (Å²) < 4.78 is 46.1. The van der Waals surface area contributed by atoms with Crippen LogP contribution in [0, 0.1) is 0 Å². The number of likely N-dealkylation sites (N-methyl/N-ethyl adjacent to an activating group) is 1. The predicted octanol–water partition coefficient (Wildman–Crippen LogP) is 7.14. The van der Waals surface area contributed by atoms with E-state index in [1.54, 1.807) is 13.1 Å². The van der Waals surface area contributed by atoms with Crippen LogP contribution in [-0.2, 0) is 23.9 Å². The largest absolute Gasteiger partial charge is 0.494 e. The second-order valence-electron chi connectivity index (χ2n) is 9.02. The molecule has 0 bridgehead atoms. The highest BCUT2D eigenvalue weighted by Gasteiger charge is 2.34. The summed E-state index contributed by atoms with van der Waals surface area (Å²) in [5.74, 6) is 0.771. The average molecular weight is 569 g/mol. The molecule has 0 radical (unpaired) electrons. The second kappa shape index (κ2) is 15.0. The van der Waals surface area contributed by atoms with Gasteiger partial charge in [-0.1, -0.05) is 73.1 Å². The number of hydrogen-bond acceptors (Lipinski definition) is 3. The molecule has 1 N–H and O–H groups in total. The minimum atomic E-state index is -4.50. The van der Waals surface area contributed by atoms with Crippen LogP contribution in [0.25, 0.3) is 0 Å². The standard InChI is InChI=1S/C29H32ClF3N2O2.ClH/c1-21(23-10-4-3-5-11-23)19-35(20-24-12-7-14-26(28(24)30)29(31,32)33)15-8-16-37-25-13-6-9-22(17-25)18-27(36)34-2;/h3-7,9-14,17,21H,8,15-16,18-20H2,1-2H3,(H,34,36);1H/t21-;/m0./s1. The van der Waals surface area contributed by atoms with E-state index in [2.05, 4.69) is 29.3 Å². The van der Waals surface area contributed by atoms with Crippen LogP contribution in [0.2, 0.25) is 5.02 Å². The Bertz CT molecular complexity index is 1160. The summed E-state index contributed by atoms with van der Waals surface area (Å²) in [4.78, 5) is 13.8. The van der Waals surface area contributed by atoms with Crippen molar-refractivity contribution in [2.45, 2.75) is 38.4 Å². The van der Waals surface area contributed by atoms with Crippen molar-refractivity contribution >= 4 is 29.9 Å². The summed E-state index contributed by atoms with van der Waals surface area (Å²) in [6.45, 7) is 4.09. The topological polar surface area (TPSA) is 41.6 Å². The Morgan fingerprint density at radius 3 is 2.45 bits per heavy atom. The molecule has 0 heterocycles. The Morgan fingerprint density at radius 1 is 1.05 bits per heavy atom. The Kier molecular flexibility index (Phi) is 12.4.